The molecule has 1 heterocycles. The first-order valence-corrected chi connectivity index (χ1v) is 8.70. The first-order chi connectivity index (χ1) is 11.1. The van der Waals surface area contributed by atoms with Crippen LogP contribution in [-0.4, -0.2) is 65.4 Å². The fraction of sp³-hybridized carbons (Fsp3) is 0.882. The molecule has 140 valence electrons. The summed E-state index contributed by atoms with van der Waals surface area (Å²) in [6.45, 7) is 11.1. The van der Waals surface area contributed by atoms with Crippen LogP contribution in [0, 0.1) is 0 Å². The van der Waals surface area contributed by atoms with Gasteiger partial charge in [0.15, 0.2) is 0 Å². The molecule has 0 aliphatic carbocycles. The van der Waals surface area contributed by atoms with Crippen molar-refractivity contribution < 1.29 is 19.4 Å². The zero-order valence-electron chi connectivity index (χ0n) is 15.6. The zero-order valence-corrected chi connectivity index (χ0v) is 15.6. The third-order valence-electron chi connectivity index (χ3n) is 3.98. The van der Waals surface area contributed by atoms with Crippen LogP contribution in [0.15, 0.2) is 0 Å². The van der Waals surface area contributed by atoms with E-state index in [2.05, 4.69) is 24.5 Å². The highest BCUT2D eigenvalue weighted by molar-refractivity contribution is 5.77. The Morgan fingerprint density at radius 3 is 2.29 bits per heavy atom. The van der Waals surface area contributed by atoms with Crippen molar-refractivity contribution in [1.29, 1.82) is 0 Å². The summed E-state index contributed by atoms with van der Waals surface area (Å²) in [6.07, 6.45) is 1.21. The largest absolute Gasteiger partial charge is 0.444 e. The lowest BCUT2D eigenvalue weighted by atomic mass is 9.87. The molecule has 1 aliphatic rings. The lowest BCUT2D eigenvalue weighted by Gasteiger charge is -2.42. The Hall–Kier alpha value is -1.34. The van der Waals surface area contributed by atoms with E-state index in [4.69, 9.17) is 4.74 Å². The molecule has 0 aromatic heterocycles. The summed E-state index contributed by atoms with van der Waals surface area (Å²) in [7, 11) is 0. The summed E-state index contributed by atoms with van der Waals surface area (Å²) < 4.78 is 5.13. The van der Waals surface area contributed by atoms with Crippen LogP contribution in [0.3, 0.4) is 0 Å². The number of carbonyl (C=O) groups excluding carboxylic acids is 2. The van der Waals surface area contributed by atoms with Gasteiger partial charge in [-0.1, -0.05) is 13.8 Å². The average molecular weight is 343 g/mol. The highest BCUT2D eigenvalue weighted by Gasteiger charge is 2.35. The summed E-state index contributed by atoms with van der Waals surface area (Å²) in [6, 6.07) is 0.289. The molecule has 0 bridgehead atoms. The number of hydrogen-bond donors (Lipinski definition) is 3. The van der Waals surface area contributed by atoms with Gasteiger partial charge in [-0.05, 0) is 33.6 Å². The second-order valence-electron chi connectivity index (χ2n) is 7.80. The normalized spacial score (nSPS) is 17.7. The minimum absolute atomic E-state index is 0.0159. The molecule has 2 amide bonds. The van der Waals surface area contributed by atoms with Crippen LogP contribution in [0.4, 0.5) is 4.79 Å². The van der Waals surface area contributed by atoms with Gasteiger partial charge in [-0.2, -0.15) is 0 Å². The number of nitrogens with one attached hydrogen (secondary N) is 2. The molecule has 0 aromatic carbocycles. The van der Waals surface area contributed by atoms with E-state index >= 15 is 0 Å². The van der Waals surface area contributed by atoms with Gasteiger partial charge in [0.2, 0.25) is 5.91 Å². The molecule has 3 N–H and O–H groups in total. The molecule has 24 heavy (non-hydrogen) atoms. The van der Waals surface area contributed by atoms with Crippen molar-refractivity contribution in [2.45, 2.75) is 71.1 Å². The fourth-order valence-electron chi connectivity index (χ4n) is 2.89. The molecule has 1 saturated heterocycles. The summed E-state index contributed by atoms with van der Waals surface area (Å²) >= 11 is 0. The van der Waals surface area contributed by atoms with Crippen LogP contribution in [0.25, 0.3) is 0 Å². The Morgan fingerprint density at radius 1 is 1.25 bits per heavy atom. The van der Waals surface area contributed by atoms with Crippen molar-refractivity contribution in [3.63, 3.8) is 0 Å². The Morgan fingerprint density at radius 2 is 1.83 bits per heavy atom. The standard InChI is InChI=1S/C17H33N3O4/c1-13(2)19-17(12-21)7-10-20(11-8-17)14(22)6-9-18-15(23)24-16(3,4)5/h13,19,21H,6-12H2,1-5H3,(H,18,23). The second-order valence-corrected chi connectivity index (χ2v) is 7.80. The molecule has 0 atom stereocenters. The number of alkyl carbamates (subject to hydrolysis) is 1. The number of carbonyl (C=O) groups is 2. The number of hydrogen-bond acceptors (Lipinski definition) is 5. The summed E-state index contributed by atoms with van der Waals surface area (Å²) in [5.74, 6) is 0.0159. The fourth-order valence-corrected chi connectivity index (χ4v) is 2.89. The van der Waals surface area contributed by atoms with Gasteiger partial charge in [0, 0.05) is 37.6 Å². The Kier molecular flexibility index (Phi) is 7.48. The van der Waals surface area contributed by atoms with Gasteiger partial charge in [-0.25, -0.2) is 4.79 Å². The van der Waals surface area contributed by atoms with Crippen LogP contribution >= 0.6 is 0 Å². The van der Waals surface area contributed by atoms with E-state index in [-0.39, 0.29) is 37.1 Å². The number of rotatable bonds is 6. The van der Waals surface area contributed by atoms with Crippen LogP contribution in [0.2, 0.25) is 0 Å². The lowest BCUT2D eigenvalue weighted by Crippen LogP contribution is -2.58. The van der Waals surface area contributed by atoms with Gasteiger partial charge in [0.05, 0.1) is 6.61 Å². The van der Waals surface area contributed by atoms with Crippen molar-refractivity contribution in [1.82, 2.24) is 15.5 Å². The monoisotopic (exact) mass is 343 g/mol. The minimum Gasteiger partial charge on any atom is -0.444 e. The quantitative estimate of drug-likeness (QED) is 0.675. The predicted octanol–water partition coefficient (Wildman–Crippen LogP) is 1.25. The van der Waals surface area contributed by atoms with E-state index in [0.717, 1.165) is 12.8 Å². The van der Waals surface area contributed by atoms with E-state index in [1.54, 1.807) is 25.7 Å². The summed E-state index contributed by atoms with van der Waals surface area (Å²) in [5, 5.41) is 15.7. The zero-order chi connectivity index (χ0) is 18.4. The van der Waals surface area contributed by atoms with Crippen molar-refractivity contribution in [2.75, 3.05) is 26.2 Å². The van der Waals surface area contributed by atoms with Crippen molar-refractivity contribution in [3.8, 4) is 0 Å². The van der Waals surface area contributed by atoms with Crippen LogP contribution < -0.4 is 10.6 Å². The molecule has 1 rings (SSSR count). The third kappa shape index (κ3) is 7.05. The topological polar surface area (TPSA) is 90.9 Å². The molecular formula is C17H33N3O4. The molecule has 1 fully saturated rings. The van der Waals surface area contributed by atoms with Gasteiger partial charge in [-0.15, -0.1) is 0 Å². The SMILES string of the molecule is CC(C)NC1(CO)CCN(C(=O)CCNC(=O)OC(C)(C)C)CC1. The smallest absolute Gasteiger partial charge is 0.407 e. The highest BCUT2D eigenvalue weighted by Crippen LogP contribution is 2.23. The number of nitrogens with zero attached hydrogens (tertiary/aromatic N) is 1. The molecular weight excluding hydrogens is 310 g/mol. The van der Waals surface area contributed by atoms with E-state index in [1.807, 2.05) is 0 Å². The van der Waals surface area contributed by atoms with Crippen molar-refractivity contribution in [2.24, 2.45) is 0 Å². The van der Waals surface area contributed by atoms with Gasteiger partial charge in [0.25, 0.3) is 0 Å². The second kappa shape index (κ2) is 8.67. The number of aliphatic hydroxyl groups is 1. The maximum Gasteiger partial charge on any atom is 0.407 e. The lowest BCUT2D eigenvalue weighted by molar-refractivity contribution is -0.133. The first kappa shape index (κ1) is 20.7. The molecule has 0 saturated carbocycles. The van der Waals surface area contributed by atoms with Crippen LogP contribution in [0.1, 0.15) is 53.9 Å². The maximum absolute atomic E-state index is 12.2. The van der Waals surface area contributed by atoms with Gasteiger partial charge in [0.1, 0.15) is 5.60 Å². The number of likely N-dealkylation sites (tertiary alicyclic amines) is 1. The molecule has 1 aliphatic heterocycles. The Balaban J connectivity index is 2.34. The van der Waals surface area contributed by atoms with Crippen molar-refractivity contribution >= 4 is 12.0 Å². The summed E-state index contributed by atoms with van der Waals surface area (Å²) in [4.78, 5) is 25.6. The van der Waals surface area contributed by atoms with Gasteiger partial charge >= 0.3 is 6.09 Å². The number of amides is 2. The first-order valence-electron chi connectivity index (χ1n) is 8.70. The molecule has 0 unspecified atom stereocenters. The van der Waals surface area contributed by atoms with E-state index in [0.29, 0.717) is 13.1 Å². The van der Waals surface area contributed by atoms with Gasteiger partial charge < -0.3 is 25.4 Å². The molecule has 0 aromatic rings. The van der Waals surface area contributed by atoms with Crippen LogP contribution in [-0.2, 0) is 9.53 Å². The van der Waals surface area contributed by atoms with E-state index < -0.39 is 11.7 Å². The molecule has 7 nitrogen and oxygen atoms in total. The number of ether oxygens (including phenoxy) is 1. The Bertz CT molecular complexity index is 424. The summed E-state index contributed by atoms with van der Waals surface area (Å²) in [5.41, 5.74) is -0.836. The minimum atomic E-state index is -0.544. The van der Waals surface area contributed by atoms with Crippen molar-refractivity contribution in [3.05, 3.63) is 0 Å². The third-order valence-corrected chi connectivity index (χ3v) is 3.98. The average Bonchev–Trinajstić information content (AvgIpc) is 2.45. The van der Waals surface area contributed by atoms with Gasteiger partial charge in [-0.3, -0.25) is 4.79 Å². The number of aliphatic hydroxyl groups excluding tert-OH is 1. The predicted molar refractivity (Wildman–Crippen MR) is 92.8 cm³/mol. The molecule has 0 spiro atoms. The molecule has 0 radical (unpaired) electrons. The van der Waals surface area contributed by atoms with E-state index in [9.17, 15) is 14.7 Å². The Labute approximate surface area is 145 Å². The molecule has 7 heteroatoms. The highest BCUT2D eigenvalue weighted by atomic mass is 16.6. The maximum atomic E-state index is 12.2. The van der Waals surface area contributed by atoms with Crippen LogP contribution in [0.5, 0.6) is 0 Å². The number of piperidine rings is 1. The van der Waals surface area contributed by atoms with E-state index in [1.165, 1.54) is 0 Å².